The first-order valence-electron chi connectivity index (χ1n) is 30.8. The van der Waals surface area contributed by atoms with Crippen molar-refractivity contribution in [1.82, 2.24) is 5.32 Å². The molecule has 472 valence electrons. The number of ether oxygens (including phenoxy) is 6. The number of hydrogen-bond acceptors (Lipinski definition) is 18. The standard InChI is InChI=1S/C63H107NO18/c1-3-5-7-9-11-13-15-17-19-21-22-23-24-25-27-29-31-33-35-37-39-41-51(69)64-46(47(68)40-38-36-34-32-30-28-26-20-18-16-14-12-10-8-6-4-2)45-77-61-57(75)54(72)59(49(43-66)79-61)82-63-58(76)55(73)60(50(44-67)80-63)81-62-56(74)53(71)52(70)48(42-65)78-62/h5,7,11,13,17-20,22-23,30,32,38,40,46-50,52-63,65-68,70-76H,3-4,6,8-10,12,14-16,21,24-29,31,33-37,39,41-45H2,1-2H3,(H,64,69)/b7-5-,13-11-,19-17-,20-18+,23-22-,32-30+,40-38+. The molecule has 0 radical (unpaired) electrons. The van der Waals surface area contributed by atoms with Gasteiger partial charge < -0.3 is 89.9 Å². The van der Waals surface area contributed by atoms with E-state index >= 15 is 0 Å². The Balaban J connectivity index is 1.51. The molecule has 0 saturated carbocycles. The number of allylic oxidation sites excluding steroid dienone is 13. The zero-order valence-corrected chi connectivity index (χ0v) is 49.2. The minimum atomic E-state index is -1.99. The average molecular weight is 1170 g/mol. The number of rotatable bonds is 44. The summed E-state index contributed by atoms with van der Waals surface area (Å²) in [7, 11) is 0. The van der Waals surface area contributed by atoms with Gasteiger partial charge in [-0.25, -0.2) is 0 Å². The van der Waals surface area contributed by atoms with Gasteiger partial charge in [0.05, 0.1) is 38.6 Å². The van der Waals surface area contributed by atoms with Crippen LogP contribution in [0.5, 0.6) is 0 Å². The van der Waals surface area contributed by atoms with Crippen LogP contribution in [0.15, 0.2) is 85.1 Å². The molecule has 0 spiro atoms. The molecule has 17 atom stereocenters. The predicted molar refractivity (Wildman–Crippen MR) is 314 cm³/mol. The number of carbonyl (C=O) groups excluding carboxylic acids is 1. The fourth-order valence-corrected chi connectivity index (χ4v) is 9.86. The van der Waals surface area contributed by atoms with Crippen molar-refractivity contribution in [2.24, 2.45) is 0 Å². The zero-order chi connectivity index (χ0) is 59.7. The summed E-state index contributed by atoms with van der Waals surface area (Å²) >= 11 is 0. The van der Waals surface area contributed by atoms with Gasteiger partial charge >= 0.3 is 0 Å². The first-order valence-corrected chi connectivity index (χ1v) is 30.8. The van der Waals surface area contributed by atoms with E-state index in [1.54, 1.807) is 6.08 Å². The molecule has 19 nitrogen and oxygen atoms in total. The molecule has 3 fully saturated rings. The number of amides is 1. The van der Waals surface area contributed by atoms with E-state index < -0.39 is 124 Å². The van der Waals surface area contributed by atoms with Crippen LogP contribution >= 0.6 is 0 Å². The molecular formula is C63H107NO18. The molecule has 3 saturated heterocycles. The quantitative estimate of drug-likeness (QED) is 0.0247. The SMILES string of the molecule is CC/C=C\C/C=C\C/C=C\C/C=C\CCCCCCCCCCC(=O)NC(COC1OC(CO)C(OC2OC(CO)C(OC3OC(CO)C(O)C(O)C3O)C(O)C2O)C(O)C1O)C(O)/C=C/CC/C=C/CC/C=C/CCCCCCCC. The summed E-state index contributed by atoms with van der Waals surface area (Å²) in [6.45, 7) is 1.54. The van der Waals surface area contributed by atoms with Crippen LogP contribution in [0.1, 0.15) is 174 Å². The van der Waals surface area contributed by atoms with Gasteiger partial charge in [-0.05, 0) is 83.5 Å². The van der Waals surface area contributed by atoms with Crippen molar-refractivity contribution >= 4 is 5.91 Å². The van der Waals surface area contributed by atoms with Crippen molar-refractivity contribution in [1.29, 1.82) is 0 Å². The Labute approximate surface area is 489 Å². The van der Waals surface area contributed by atoms with E-state index in [4.69, 9.17) is 28.4 Å². The Morgan fingerprint density at radius 3 is 1.37 bits per heavy atom. The van der Waals surface area contributed by atoms with Crippen molar-refractivity contribution in [3.05, 3.63) is 85.1 Å². The number of carbonyl (C=O) groups is 1. The molecule has 19 heteroatoms. The van der Waals surface area contributed by atoms with Gasteiger partial charge in [-0.15, -0.1) is 0 Å². The molecule has 3 heterocycles. The lowest BCUT2D eigenvalue weighted by molar-refractivity contribution is -0.379. The maximum absolute atomic E-state index is 13.3. The third-order valence-corrected chi connectivity index (χ3v) is 14.9. The van der Waals surface area contributed by atoms with Crippen molar-refractivity contribution in [2.75, 3.05) is 26.4 Å². The minimum absolute atomic E-state index is 0.218. The van der Waals surface area contributed by atoms with Crippen molar-refractivity contribution in [2.45, 2.75) is 279 Å². The molecule has 17 unspecified atom stereocenters. The van der Waals surface area contributed by atoms with Gasteiger partial charge in [-0.3, -0.25) is 4.79 Å². The summed E-state index contributed by atoms with van der Waals surface area (Å²) in [5, 5.41) is 120. The Morgan fingerprint density at radius 2 is 0.854 bits per heavy atom. The second-order valence-corrected chi connectivity index (χ2v) is 21.8. The largest absolute Gasteiger partial charge is 0.394 e. The van der Waals surface area contributed by atoms with Crippen LogP contribution in [0.2, 0.25) is 0 Å². The summed E-state index contributed by atoms with van der Waals surface area (Å²) in [6.07, 6.45) is 28.4. The van der Waals surface area contributed by atoms with Crippen LogP contribution in [-0.4, -0.2) is 193 Å². The maximum Gasteiger partial charge on any atom is 0.220 e. The number of aliphatic hydroxyl groups excluding tert-OH is 11. The van der Waals surface area contributed by atoms with Crippen LogP contribution in [0.25, 0.3) is 0 Å². The first-order chi connectivity index (χ1) is 39.8. The number of nitrogens with one attached hydrogen (secondary N) is 1. The molecule has 3 aliphatic rings. The van der Waals surface area contributed by atoms with Crippen LogP contribution in [0, 0.1) is 0 Å². The molecule has 0 aromatic rings. The molecule has 82 heavy (non-hydrogen) atoms. The van der Waals surface area contributed by atoms with Gasteiger partial charge in [0, 0.05) is 6.42 Å². The van der Waals surface area contributed by atoms with Gasteiger partial charge in [0.2, 0.25) is 5.91 Å². The highest BCUT2D eigenvalue weighted by molar-refractivity contribution is 5.76. The van der Waals surface area contributed by atoms with E-state index in [-0.39, 0.29) is 18.9 Å². The Bertz CT molecular complexity index is 1820. The minimum Gasteiger partial charge on any atom is -0.394 e. The molecule has 0 aromatic carbocycles. The van der Waals surface area contributed by atoms with E-state index in [2.05, 4.69) is 92.1 Å². The van der Waals surface area contributed by atoms with Gasteiger partial charge in [0.25, 0.3) is 0 Å². The summed E-state index contributed by atoms with van der Waals surface area (Å²) in [5.41, 5.74) is 0. The lowest BCUT2D eigenvalue weighted by Crippen LogP contribution is -2.66. The van der Waals surface area contributed by atoms with Gasteiger partial charge in [0.1, 0.15) is 73.2 Å². The zero-order valence-electron chi connectivity index (χ0n) is 49.2. The Morgan fingerprint density at radius 1 is 0.451 bits per heavy atom. The van der Waals surface area contributed by atoms with Crippen molar-refractivity contribution in [3.63, 3.8) is 0 Å². The lowest BCUT2D eigenvalue weighted by Gasteiger charge is -2.48. The van der Waals surface area contributed by atoms with Crippen molar-refractivity contribution in [3.8, 4) is 0 Å². The predicted octanol–water partition coefficient (Wildman–Crippen LogP) is 5.98. The highest BCUT2D eigenvalue weighted by atomic mass is 16.8. The molecule has 12 N–H and O–H groups in total. The second kappa shape index (κ2) is 45.3. The molecule has 3 rings (SSSR count). The van der Waals surface area contributed by atoms with Crippen LogP contribution in [-0.2, 0) is 33.2 Å². The monoisotopic (exact) mass is 1170 g/mol. The molecule has 0 aromatic heterocycles. The molecule has 0 bridgehead atoms. The fraction of sp³-hybridized carbons (Fsp3) is 0.762. The van der Waals surface area contributed by atoms with Crippen LogP contribution in [0.4, 0.5) is 0 Å². The van der Waals surface area contributed by atoms with Crippen LogP contribution in [0.3, 0.4) is 0 Å². The van der Waals surface area contributed by atoms with Crippen molar-refractivity contribution < 1.29 is 89.4 Å². The smallest absolute Gasteiger partial charge is 0.220 e. The molecule has 3 aliphatic heterocycles. The highest BCUT2D eigenvalue weighted by Gasteiger charge is 2.53. The highest BCUT2D eigenvalue weighted by Crippen LogP contribution is 2.33. The average Bonchev–Trinajstić information content (AvgIpc) is 3.40. The lowest BCUT2D eigenvalue weighted by atomic mass is 9.96. The topological polar surface area (TPSA) is 307 Å². The fourth-order valence-electron chi connectivity index (χ4n) is 9.86. The second-order valence-electron chi connectivity index (χ2n) is 21.8. The summed E-state index contributed by atoms with van der Waals surface area (Å²) in [4.78, 5) is 13.3. The third-order valence-electron chi connectivity index (χ3n) is 14.9. The van der Waals surface area contributed by atoms with E-state index in [1.165, 1.54) is 51.4 Å². The summed E-state index contributed by atoms with van der Waals surface area (Å²) in [5.74, 6) is -0.303. The van der Waals surface area contributed by atoms with E-state index in [0.717, 1.165) is 89.9 Å². The van der Waals surface area contributed by atoms with Crippen LogP contribution < -0.4 is 5.32 Å². The maximum atomic E-state index is 13.3. The summed E-state index contributed by atoms with van der Waals surface area (Å²) < 4.78 is 34.2. The van der Waals surface area contributed by atoms with E-state index in [0.29, 0.717) is 12.8 Å². The number of hydrogen-bond donors (Lipinski definition) is 12. The Hall–Kier alpha value is -3.03. The third kappa shape index (κ3) is 28.4. The first kappa shape index (κ1) is 73.2. The summed E-state index contributed by atoms with van der Waals surface area (Å²) in [6, 6.07) is -1.01. The van der Waals surface area contributed by atoms with E-state index in [9.17, 15) is 61.0 Å². The normalized spacial score (nSPS) is 30.2. The van der Waals surface area contributed by atoms with E-state index in [1.807, 2.05) is 6.08 Å². The Kier molecular flexibility index (Phi) is 40.5. The number of aliphatic hydroxyl groups is 11. The van der Waals surface area contributed by atoms with Gasteiger partial charge in [-0.1, -0.05) is 170 Å². The molecule has 0 aliphatic carbocycles. The molecule has 1 amide bonds. The molecular weight excluding hydrogens is 1060 g/mol. The van der Waals surface area contributed by atoms with Gasteiger partial charge in [0.15, 0.2) is 18.9 Å². The van der Waals surface area contributed by atoms with Gasteiger partial charge in [-0.2, -0.15) is 0 Å². The number of unbranched alkanes of at least 4 members (excludes halogenated alkanes) is 16.